The Balaban J connectivity index is 1.26. The van der Waals surface area contributed by atoms with E-state index in [0.29, 0.717) is 59.0 Å². The molecule has 1 amide bonds. The summed E-state index contributed by atoms with van der Waals surface area (Å²) >= 11 is 6.87. The maximum atomic E-state index is 13.8. The van der Waals surface area contributed by atoms with Crippen molar-refractivity contribution in [2.24, 2.45) is 0 Å². The summed E-state index contributed by atoms with van der Waals surface area (Å²) in [6.07, 6.45) is 15.7. The molecule has 0 bridgehead atoms. The molecule has 44 heavy (non-hydrogen) atoms. The van der Waals surface area contributed by atoms with E-state index in [-0.39, 0.29) is 17.3 Å². The Bertz CT molecular complexity index is 1530. The standard InChI is InChI=1S/C34H42FN5O2S2/c1-2-3-4-5-6-7-8-9-10-12-20-40-33(42)29(44-34(40)43)25-28-31(36-30-14-11-13-19-39(30)32(28)41)38-23-21-37(22-24-38)27-17-15-26(35)16-18-27/h11,13-19,25H,2-10,12,20-24H2,1H3/b29-25+. The molecule has 2 fully saturated rings. The van der Waals surface area contributed by atoms with Crippen molar-refractivity contribution in [3.8, 4) is 0 Å². The lowest BCUT2D eigenvalue weighted by Crippen LogP contribution is -2.47. The highest BCUT2D eigenvalue weighted by molar-refractivity contribution is 8.26. The maximum Gasteiger partial charge on any atom is 0.267 e. The van der Waals surface area contributed by atoms with Gasteiger partial charge in [-0.25, -0.2) is 9.37 Å². The van der Waals surface area contributed by atoms with Crippen molar-refractivity contribution in [1.29, 1.82) is 0 Å². The van der Waals surface area contributed by atoms with Gasteiger partial charge in [0.15, 0.2) is 0 Å². The van der Waals surface area contributed by atoms with Crippen LogP contribution in [0.5, 0.6) is 0 Å². The lowest BCUT2D eigenvalue weighted by Gasteiger charge is -2.37. The van der Waals surface area contributed by atoms with Gasteiger partial charge in [-0.2, -0.15) is 0 Å². The second kappa shape index (κ2) is 15.7. The summed E-state index contributed by atoms with van der Waals surface area (Å²) in [5, 5.41) is 0. The number of piperazine rings is 1. The molecule has 0 N–H and O–H groups in total. The molecule has 2 saturated heterocycles. The van der Waals surface area contributed by atoms with E-state index in [4.69, 9.17) is 17.2 Å². The van der Waals surface area contributed by atoms with Crippen molar-refractivity contribution in [1.82, 2.24) is 14.3 Å². The number of hydrogen-bond donors (Lipinski definition) is 0. The third-order valence-corrected chi connectivity index (χ3v) is 9.78. The number of thioether (sulfide) groups is 1. The van der Waals surface area contributed by atoms with Crippen molar-refractivity contribution >= 4 is 57.4 Å². The molecule has 7 nitrogen and oxygen atoms in total. The average Bonchev–Trinajstić information content (AvgIpc) is 3.31. The van der Waals surface area contributed by atoms with Crippen molar-refractivity contribution < 1.29 is 9.18 Å². The van der Waals surface area contributed by atoms with Crippen molar-refractivity contribution in [3.05, 3.63) is 75.3 Å². The van der Waals surface area contributed by atoms with Gasteiger partial charge in [-0.3, -0.25) is 18.9 Å². The lowest BCUT2D eigenvalue weighted by atomic mass is 10.1. The van der Waals surface area contributed by atoms with Gasteiger partial charge in [0, 0.05) is 44.6 Å². The number of fused-ring (bicyclic) bond motifs is 1. The zero-order valence-electron chi connectivity index (χ0n) is 25.5. The number of anilines is 2. The van der Waals surface area contributed by atoms with Crippen molar-refractivity contribution in [2.45, 2.75) is 71.1 Å². The number of hydrogen-bond acceptors (Lipinski definition) is 7. The van der Waals surface area contributed by atoms with E-state index in [1.165, 1.54) is 79.7 Å². The second-order valence-corrected chi connectivity index (χ2v) is 13.2. The number of aromatic nitrogens is 2. The highest BCUT2D eigenvalue weighted by atomic mass is 32.2. The number of rotatable bonds is 14. The molecule has 0 radical (unpaired) electrons. The zero-order valence-corrected chi connectivity index (χ0v) is 27.2. The third-order valence-electron chi connectivity index (χ3n) is 8.40. The molecule has 3 aromatic rings. The Morgan fingerprint density at radius 3 is 2.18 bits per heavy atom. The molecule has 5 rings (SSSR count). The van der Waals surface area contributed by atoms with Crippen molar-refractivity contribution in [3.63, 3.8) is 0 Å². The Kier molecular flexibility index (Phi) is 11.4. The van der Waals surface area contributed by atoms with E-state index >= 15 is 0 Å². The minimum absolute atomic E-state index is 0.138. The molecule has 2 aliphatic rings. The second-order valence-electron chi connectivity index (χ2n) is 11.5. The number of nitrogens with zero attached hydrogens (tertiary/aromatic N) is 5. The van der Waals surface area contributed by atoms with Gasteiger partial charge in [0.05, 0.1) is 10.5 Å². The highest BCUT2D eigenvalue weighted by Gasteiger charge is 2.33. The zero-order chi connectivity index (χ0) is 30.9. The first-order chi connectivity index (χ1) is 21.5. The number of amides is 1. The minimum Gasteiger partial charge on any atom is -0.368 e. The fourth-order valence-corrected chi connectivity index (χ4v) is 7.16. The summed E-state index contributed by atoms with van der Waals surface area (Å²) in [7, 11) is 0. The number of halogens is 1. The Morgan fingerprint density at radius 1 is 0.864 bits per heavy atom. The van der Waals surface area contributed by atoms with Crippen LogP contribution in [0.1, 0.15) is 76.7 Å². The van der Waals surface area contributed by atoms with Crippen LogP contribution in [0.15, 0.2) is 58.4 Å². The SMILES string of the molecule is CCCCCCCCCCCCN1C(=O)/C(=C\c2c(N3CCN(c4ccc(F)cc4)CC3)nc3ccccn3c2=O)SC1=S. The van der Waals surface area contributed by atoms with E-state index in [9.17, 15) is 14.0 Å². The van der Waals surface area contributed by atoms with Gasteiger partial charge < -0.3 is 9.80 Å². The minimum atomic E-state index is -0.258. The topological polar surface area (TPSA) is 61.2 Å². The lowest BCUT2D eigenvalue weighted by molar-refractivity contribution is -0.122. The fourth-order valence-electron chi connectivity index (χ4n) is 5.87. The first-order valence-electron chi connectivity index (χ1n) is 16.0. The van der Waals surface area contributed by atoms with E-state index < -0.39 is 0 Å². The van der Waals surface area contributed by atoms with Crippen LogP contribution < -0.4 is 15.4 Å². The van der Waals surface area contributed by atoms with Gasteiger partial charge in [-0.05, 0) is 48.9 Å². The molecule has 2 aliphatic heterocycles. The molecule has 0 aliphatic carbocycles. The molecule has 0 saturated carbocycles. The number of carbonyl (C=O) groups is 1. The maximum absolute atomic E-state index is 13.8. The van der Waals surface area contributed by atoms with Crippen LogP contribution in [0.4, 0.5) is 15.9 Å². The molecule has 10 heteroatoms. The summed E-state index contributed by atoms with van der Waals surface area (Å²) in [5.41, 5.74) is 1.69. The van der Waals surface area contributed by atoms with Crippen LogP contribution in [-0.4, -0.2) is 57.2 Å². The smallest absolute Gasteiger partial charge is 0.267 e. The Hall–Kier alpha value is -3.24. The molecular weight excluding hydrogens is 594 g/mol. The van der Waals surface area contributed by atoms with Gasteiger partial charge >= 0.3 is 0 Å². The molecular formula is C34H42FN5O2S2. The van der Waals surface area contributed by atoms with E-state index in [2.05, 4.69) is 16.7 Å². The van der Waals surface area contributed by atoms with Gasteiger partial charge in [-0.15, -0.1) is 0 Å². The van der Waals surface area contributed by atoms with Gasteiger partial charge in [-0.1, -0.05) is 94.8 Å². The fraction of sp³-hybridized carbons (Fsp3) is 0.471. The van der Waals surface area contributed by atoms with Crippen LogP contribution in [0.3, 0.4) is 0 Å². The summed E-state index contributed by atoms with van der Waals surface area (Å²) in [6, 6.07) is 12.0. The summed E-state index contributed by atoms with van der Waals surface area (Å²) < 4.78 is 15.5. The third kappa shape index (κ3) is 7.88. The summed E-state index contributed by atoms with van der Waals surface area (Å²) in [4.78, 5) is 38.6. The molecule has 2 aromatic heterocycles. The van der Waals surface area contributed by atoms with Crippen LogP contribution >= 0.6 is 24.0 Å². The predicted octanol–water partition coefficient (Wildman–Crippen LogP) is 7.28. The summed E-state index contributed by atoms with van der Waals surface area (Å²) in [5.74, 6) is 0.173. The first kappa shape index (κ1) is 32.2. The van der Waals surface area contributed by atoms with Crippen molar-refractivity contribution in [2.75, 3.05) is 42.5 Å². The molecule has 0 spiro atoms. The molecule has 234 valence electrons. The van der Waals surface area contributed by atoms with Gasteiger partial charge in [0.1, 0.15) is 21.6 Å². The van der Waals surface area contributed by atoms with E-state index in [1.54, 1.807) is 35.4 Å². The van der Waals surface area contributed by atoms with Crippen LogP contribution in [-0.2, 0) is 4.79 Å². The number of carbonyl (C=O) groups excluding carboxylic acids is 1. The monoisotopic (exact) mass is 635 g/mol. The number of thiocarbonyl (C=S) groups is 1. The summed E-state index contributed by atoms with van der Waals surface area (Å²) in [6.45, 7) is 5.50. The molecule has 4 heterocycles. The number of benzene rings is 1. The normalized spacial score (nSPS) is 16.6. The average molecular weight is 636 g/mol. The van der Waals surface area contributed by atoms with E-state index in [0.717, 1.165) is 18.5 Å². The Labute approximate surface area is 269 Å². The Morgan fingerprint density at radius 2 is 1.50 bits per heavy atom. The van der Waals surface area contributed by atoms with Gasteiger partial charge in [0.2, 0.25) is 0 Å². The quantitative estimate of drug-likeness (QED) is 0.105. The van der Waals surface area contributed by atoms with Gasteiger partial charge in [0.25, 0.3) is 11.5 Å². The molecule has 0 atom stereocenters. The van der Waals surface area contributed by atoms with Crippen LogP contribution in [0.25, 0.3) is 11.7 Å². The predicted molar refractivity (Wildman–Crippen MR) is 184 cm³/mol. The highest BCUT2D eigenvalue weighted by Crippen LogP contribution is 2.34. The molecule has 1 aromatic carbocycles. The van der Waals surface area contributed by atoms with Crippen LogP contribution in [0, 0.1) is 5.82 Å². The largest absolute Gasteiger partial charge is 0.368 e. The number of pyridine rings is 1. The van der Waals surface area contributed by atoms with E-state index in [1.807, 2.05) is 12.1 Å². The van der Waals surface area contributed by atoms with Crippen LogP contribution in [0.2, 0.25) is 0 Å². The first-order valence-corrected chi connectivity index (χ1v) is 17.2. The molecule has 0 unspecified atom stereocenters. The number of unbranched alkanes of at least 4 members (excludes halogenated alkanes) is 9.